The first-order valence-electron chi connectivity index (χ1n) is 5.79. The number of rotatable bonds is 4. The van der Waals surface area contributed by atoms with Crippen LogP contribution >= 0.6 is 0 Å². The Morgan fingerprint density at radius 1 is 1.31 bits per heavy atom. The van der Waals surface area contributed by atoms with Crippen molar-refractivity contribution in [1.82, 2.24) is 4.57 Å². The molecule has 0 spiro atoms. The molecule has 2 nitrogen and oxygen atoms in total. The summed E-state index contributed by atoms with van der Waals surface area (Å²) in [6.07, 6.45) is 1.60. The van der Waals surface area contributed by atoms with Gasteiger partial charge in [0.1, 0.15) is 0 Å². The fourth-order valence-electron chi connectivity index (χ4n) is 2.09. The minimum absolute atomic E-state index is 0.312. The molecular formula is C14H17NO. The van der Waals surface area contributed by atoms with Gasteiger partial charge >= 0.3 is 0 Å². The third kappa shape index (κ3) is 2.01. The second kappa shape index (κ2) is 4.52. The Bertz CT molecular complexity index is 510. The quantitative estimate of drug-likeness (QED) is 0.766. The summed E-state index contributed by atoms with van der Waals surface area (Å²) in [5.41, 5.74) is 2.31. The molecule has 2 heteroatoms. The highest BCUT2D eigenvalue weighted by molar-refractivity contribution is 5.85. The van der Waals surface area contributed by atoms with Crippen LogP contribution < -0.4 is 0 Å². The first kappa shape index (κ1) is 10.9. The lowest BCUT2D eigenvalue weighted by molar-refractivity contribution is -0.119. The number of carbonyl (C=O) groups is 1. The third-order valence-electron chi connectivity index (χ3n) is 2.88. The number of nitrogens with zero attached hydrogens (tertiary/aromatic N) is 1. The van der Waals surface area contributed by atoms with E-state index in [1.807, 2.05) is 19.1 Å². The minimum atomic E-state index is 0.312. The molecule has 1 aromatic carbocycles. The molecule has 0 N–H and O–H groups in total. The van der Waals surface area contributed by atoms with Crippen molar-refractivity contribution in [2.75, 3.05) is 0 Å². The van der Waals surface area contributed by atoms with E-state index < -0.39 is 0 Å². The second-order valence-corrected chi connectivity index (χ2v) is 4.22. The number of aryl methyl sites for hydroxylation is 1. The number of fused-ring (bicyclic) bond motifs is 1. The molecule has 0 fully saturated rings. The van der Waals surface area contributed by atoms with Crippen LogP contribution in [0.25, 0.3) is 10.9 Å². The Morgan fingerprint density at radius 2 is 2.06 bits per heavy atom. The fraction of sp³-hybridized carbons (Fsp3) is 0.357. The molecular weight excluding hydrogens is 198 g/mol. The zero-order chi connectivity index (χ0) is 11.5. The topological polar surface area (TPSA) is 22.0 Å². The van der Waals surface area contributed by atoms with Crippen molar-refractivity contribution >= 4 is 16.7 Å². The average molecular weight is 215 g/mol. The number of ketones is 1. The Balaban J connectivity index is 2.36. The molecule has 0 atom stereocenters. The molecule has 84 valence electrons. The van der Waals surface area contributed by atoms with Crippen molar-refractivity contribution in [3.8, 4) is 0 Å². The van der Waals surface area contributed by atoms with Crippen LogP contribution in [0.1, 0.15) is 25.5 Å². The summed E-state index contributed by atoms with van der Waals surface area (Å²) in [6, 6.07) is 10.3. The molecule has 16 heavy (non-hydrogen) atoms. The van der Waals surface area contributed by atoms with Gasteiger partial charge in [0.25, 0.3) is 0 Å². The second-order valence-electron chi connectivity index (χ2n) is 4.22. The van der Waals surface area contributed by atoms with Crippen LogP contribution in [-0.4, -0.2) is 10.4 Å². The molecule has 1 heterocycles. The van der Waals surface area contributed by atoms with Crippen LogP contribution in [0.3, 0.4) is 0 Å². The maximum Gasteiger partial charge on any atom is 0.152 e. The summed E-state index contributed by atoms with van der Waals surface area (Å²) in [7, 11) is 0. The van der Waals surface area contributed by atoms with Crippen molar-refractivity contribution in [3.63, 3.8) is 0 Å². The lowest BCUT2D eigenvalue weighted by atomic mass is 10.2. The average Bonchev–Trinajstić information content (AvgIpc) is 2.56. The number of Topliss-reactive ketones (excluding diaryl/α,β-unsaturated/α-hetero) is 1. The predicted molar refractivity (Wildman–Crippen MR) is 66.6 cm³/mol. The van der Waals surface area contributed by atoms with Crippen LogP contribution in [0, 0.1) is 6.92 Å². The van der Waals surface area contributed by atoms with E-state index in [-0.39, 0.29) is 0 Å². The molecule has 0 amide bonds. The third-order valence-corrected chi connectivity index (χ3v) is 2.88. The van der Waals surface area contributed by atoms with Gasteiger partial charge in [-0.25, -0.2) is 0 Å². The van der Waals surface area contributed by atoms with Crippen LogP contribution in [-0.2, 0) is 11.3 Å². The first-order valence-corrected chi connectivity index (χ1v) is 5.79. The van der Waals surface area contributed by atoms with Gasteiger partial charge in [-0.1, -0.05) is 25.1 Å². The van der Waals surface area contributed by atoms with Gasteiger partial charge in [-0.15, -0.1) is 0 Å². The summed E-state index contributed by atoms with van der Waals surface area (Å²) < 4.78 is 2.10. The molecule has 0 aliphatic rings. The summed E-state index contributed by atoms with van der Waals surface area (Å²) in [6.45, 7) is 4.60. The van der Waals surface area contributed by atoms with E-state index in [2.05, 4.69) is 29.7 Å². The summed E-state index contributed by atoms with van der Waals surface area (Å²) in [5, 5.41) is 1.21. The molecule has 0 aliphatic carbocycles. The first-order chi connectivity index (χ1) is 7.72. The molecule has 2 rings (SSSR count). The smallest absolute Gasteiger partial charge is 0.152 e. The number of carbonyl (C=O) groups excluding carboxylic acids is 1. The molecule has 0 aliphatic heterocycles. The monoisotopic (exact) mass is 215 g/mol. The lowest BCUT2D eigenvalue weighted by Gasteiger charge is -2.06. The SMILES string of the molecule is CCCC(=O)Cn1c(C)cc2ccccc21. The Hall–Kier alpha value is -1.57. The molecule has 0 unspecified atom stereocenters. The normalized spacial score (nSPS) is 10.9. The van der Waals surface area contributed by atoms with Crippen LogP contribution in [0.4, 0.5) is 0 Å². The van der Waals surface area contributed by atoms with E-state index in [9.17, 15) is 4.79 Å². The number of hydrogen-bond donors (Lipinski definition) is 0. The lowest BCUT2D eigenvalue weighted by Crippen LogP contribution is -2.10. The van der Waals surface area contributed by atoms with Gasteiger partial charge in [-0.2, -0.15) is 0 Å². The molecule has 1 aromatic heterocycles. The summed E-state index contributed by atoms with van der Waals surface area (Å²) >= 11 is 0. The fourth-order valence-corrected chi connectivity index (χ4v) is 2.09. The van der Waals surface area contributed by atoms with E-state index in [0.29, 0.717) is 18.7 Å². The van der Waals surface area contributed by atoms with Gasteiger partial charge in [0.05, 0.1) is 6.54 Å². The van der Waals surface area contributed by atoms with E-state index >= 15 is 0 Å². The van der Waals surface area contributed by atoms with Crippen LogP contribution in [0.5, 0.6) is 0 Å². The maximum atomic E-state index is 11.7. The van der Waals surface area contributed by atoms with E-state index in [1.165, 1.54) is 5.39 Å². The highest BCUT2D eigenvalue weighted by Gasteiger charge is 2.08. The molecule has 0 bridgehead atoms. The van der Waals surface area contributed by atoms with E-state index in [0.717, 1.165) is 17.6 Å². The standard InChI is InChI=1S/C14H17NO/c1-3-6-13(16)10-15-11(2)9-12-7-4-5-8-14(12)15/h4-5,7-9H,3,6,10H2,1-2H3. The van der Waals surface area contributed by atoms with Crippen molar-refractivity contribution in [2.45, 2.75) is 33.2 Å². The zero-order valence-electron chi connectivity index (χ0n) is 9.86. The number of para-hydroxylation sites is 1. The summed E-state index contributed by atoms with van der Waals surface area (Å²) in [4.78, 5) is 11.7. The summed E-state index contributed by atoms with van der Waals surface area (Å²) in [5.74, 6) is 0.312. The van der Waals surface area contributed by atoms with Crippen LogP contribution in [0.15, 0.2) is 30.3 Å². The zero-order valence-corrected chi connectivity index (χ0v) is 9.86. The largest absolute Gasteiger partial charge is 0.337 e. The molecule has 0 saturated heterocycles. The van der Waals surface area contributed by atoms with E-state index in [1.54, 1.807) is 0 Å². The highest BCUT2D eigenvalue weighted by Crippen LogP contribution is 2.19. The Labute approximate surface area is 95.9 Å². The highest BCUT2D eigenvalue weighted by atomic mass is 16.1. The van der Waals surface area contributed by atoms with Gasteiger partial charge in [-0.3, -0.25) is 4.79 Å². The van der Waals surface area contributed by atoms with Crippen molar-refractivity contribution < 1.29 is 4.79 Å². The number of hydrogen-bond acceptors (Lipinski definition) is 1. The number of benzene rings is 1. The molecule has 0 saturated carbocycles. The van der Waals surface area contributed by atoms with Gasteiger partial charge in [0.15, 0.2) is 5.78 Å². The van der Waals surface area contributed by atoms with Gasteiger partial charge in [0, 0.05) is 17.6 Å². The molecule has 2 aromatic rings. The van der Waals surface area contributed by atoms with Crippen LogP contribution in [0.2, 0.25) is 0 Å². The number of aromatic nitrogens is 1. The van der Waals surface area contributed by atoms with E-state index in [4.69, 9.17) is 0 Å². The van der Waals surface area contributed by atoms with Crippen molar-refractivity contribution in [2.24, 2.45) is 0 Å². The Kier molecular flexibility index (Phi) is 3.09. The van der Waals surface area contributed by atoms with Crippen molar-refractivity contribution in [1.29, 1.82) is 0 Å². The van der Waals surface area contributed by atoms with Crippen molar-refractivity contribution in [3.05, 3.63) is 36.0 Å². The van der Waals surface area contributed by atoms with Gasteiger partial charge in [0.2, 0.25) is 0 Å². The Morgan fingerprint density at radius 3 is 2.81 bits per heavy atom. The molecule has 0 radical (unpaired) electrons. The van der Waals surface area contributed by atoms with Gasteiger partial charge in [-0.05, 0) is 30.9 Å². The maximum absolute atomic E-state index is 11.7. The van der Waals surface area contributed by atoms with Gasteiger partial charge < -0.3 is 4.57 Å². The predicted octanol–water partition coefficient (Wildman–Crippen LogP) is 3.32. The minimum Gasteiger partial charge on any atom is -0.337 e.